The highest BCUT2D eigenvalue weighted by Gasteiger charge is 2.11. The molecule has 5 heteroatoms. The molecule has 0 heterocycles. The fourth-order valence-corrected chi connectivity index (χ4v) is 2.44. The van der Waals surface area contributed by atoms with E-state index in [0.29, 0.717) is 6.42 Å². The lowest BCUT2D eigenvalue weighted by Crippen LogP contribution is -2.19. The van der Waals surface area contributed by atoms with Crippen molar-refractivity contribution in [2.24, 2.45) is 0 Å². The highest BCUT2D eigenvalue weighted by atomic mass is 35.5. The maximum atomic E-state index is 12.5. The molecular formula is C20H27ClN2O2. The minimum absolute atomic E-state index is 0. The number of anilines is 1. The lowest BCUT2D eigenvalue weighted by Gasteiger charge is -2.15. The Morgan fingerprint density at radius 2 is 1.68 bits per heavy atom. The van der Waals surface area contributed by atoms with Gasteiger partial charge in [-0.2, -0.15) is 0 Å². The van der Waals surface area contributed by atoms with Crippen molar-refractivity contribution in [3.63, 3.8) is 0 Å². The molecule has 2 rings (SSSR count). The van der Waals surface area contributed by atoms with Gasteiger partial charge in [0.25, 0.3) is 0 Å². The standard InChI is InChI=1S/C20H26N2O2.ClH/c1-4-21-14-17-10-5-7-11-18(17)22-20(23)13-16-9-6-8-12-19(16)24-15(2)3;/h5-12,15,21H,4,13-14H2,1-3H3,(H,22,23);1H. The largest absolute Gasteiger partial charge is 0.491 e. The van der Waals surface area contributed by atoms with Crippen molar-refractivity contribution in [3.05, 3.63) is 59.7 Å². The average molecular weight is 363 g/mol. The molecule has 4 nitrogen and oxygen atoms in total. The third kappa shape index (κ3) is 6.77. The lowest BCUT2D eigenvalue weighted by atomic mass is 10.1. The Morgan fingerprint density at radius 1 is 1.04 bits per heavy atom. The number of nitrogens with one attached hydrogen (secondary N) is 2. The average Bonchev–Trinajstić information content (AvgIpc) is 2.55. The van der Waals surface area contributed by atoms with Crippen LogP contribution in [0.5, 0.6) is 5.75 Å². The molecule has 0 saturated carbocycles. The second kappa shape index (κ2) is 10.7. The summed E-state index contributed by atoms with van der Waals surface area (Å²) in [6.07, 6.45) is 0.369. The highest BCUT2D eigenvalue weighted by Crippen LogP contribution is 2.21. The Hall–Kier alpha value is -2.04. The van der Waals surface area contributed by atoms with E-state index in [4.69, 9.17) is 4.74 Å². The number of hydrogen-bond donors (Lipinski definition) is 2. The van der Waals surface area contributed by atoms with Gasteiger partial charge in [0.1, 0.15) is 5.75 Å². The number of rotatable bonds is 8. The van der Waals surface area contributed by atoms with E-state index in [1.807, 2.05) is 62.4 Å². The van der Waals surface area contributed by atoms with E-state index >= 15 is 0 Å². The summed E-state index contributed by atoms with van der Waals surface area (Å²) in [5.74, 6) is 0.724. The quantitative estimate of drug-likeness (QED) is 0.740. The summed E-state index contributed by atoms with van der Waals surface area (Å²) in [7, 11) is 0. The SMILES string of the molecule is CCNCc1ccccc1NC(=O)Cc1ccccc1OC(C)C.Cl. The van der Waals surface area contributed by atoms with Gasteiger partial charge in [0.15, 0.2) is 0 Å². The van der Waals surface area contributed by atoms with Gasteiger partial charge in [0, 0.05) is 17.8 Å². The van der Waals surface area contributed by atoms with Crippen LogP contribution in [0.25, 0.3) is 0 Å². The van der Waals surface area contributed by atoms with Crippen LogP contribution in [0, 0.1) is 0 Å². The van der Waals surface area contributed by atoms with Crippen molar-refractivity contribution in [2.45, 2.75) is 39.8 Å². The van der Waals surface area contributed by atoms with Gasteiger partial charge in [-0.25, -0.2) is 0 Å². The van der Waals surface area contributed by atoms with E-state index in [2.05, 4.69) is 17.6 Å². The van der Waals surface area contributed by atoms with Crippen LogP contribution in [0.15, 0.2) is 48.5 Å². The summed E-state index contributed by atoms with van der Waals surface area (Å²) in [5, 5.41) is 6.30. The molecule has 0 aliphatic rings. The minimum Gasteiger partial charge on any atom is -0.491 e. The highest BCUT2D eigenvalue weighted by molar-refractivity contribution is 5.93. The molecule has 0 radical (unpaired) electrons. The van der Waals surface area contributed by atoms with Crippen LogP contribution >= 0.6 is 12.4 Å². The molecule has 2 N–H and O–H groups in total. The van der Waals surface area contributed by atoms with Crippen molar-refractivity contribution < 1.29 is 9.53 Å². The number of benzene rings is 2. The van der Waals surface area contributed by atoms with Crippen LogP contribution in [0.2, 0.25) is 0 Å². The summed E-state index contributed by atoms with van der Waals surface area (Å²) in [6.45, 7) is 7.65. The van der Waals surface area contributed by atoms with Gasteiger partial charge in [-0.15, -0.1) is 12.4 Å². The van der Waals surface area contributed by atoms with E-state index in [1.54, 1.807) is 0 Å². The molecule has 0 atom stereocenters. The van der Waals surface area contributed by atoms with Crippen LogP contribution in [0.3, 0.4) is 0 Å². The first-order chi connectivity index (χ1) is 11.6. The van der Waals surface area contributed by atoms with E-state index < -0.39 is 0 Å². The fourth-order valence-electron chi connectivity index (χ4n) is 2.44. The molecule has 0 fully saturated rings. The molecule has 0 aliphatic heterocycles. The predicted octanol–water partition coefficient (Wildman–Crippen LogP) is 4.19. The van der Waals surface area contributed by atoms with Gasteiger partial charge in [-0.05, 0) is 38.1 Å². The van der Waals surface area contributed by atoms with Gasteiger partial charge in [-0.1, -0.05) is 43.3 Å². The van der Waals surface area contributed by atoms with E-state index in [0.717, 1.165) is 35.7 Å². The van der Waals surface area contributed by atoms with Gasteiger partial charge in [0.05, 0.1) is 12.5 Å². The van der Waals surface area contributed by atoms with Crippen LogP contribution in [-0.2, 0) is 17.8 Å². The molecule has 0 spiro atoms. The number of amides is 1. The Bertz CT molecular complexity index is 674. The number of hydrogen-bond acceptors (Lipinski definition) is 3. The van der Waals surface area contributed by atoms with Crippen molar-refractivity contribution in [2.75, 3.05) is 11.9 Å². The third-order valence-electron chi connectivity index (χ3n) is 3.54. The Morgan fingerprint density at radius 3 is 2.36 bits per heavy atom. The third-order valence-corrected chi connectivity index (χ3v) is 3.54. The van der Waals surface area contributed by atoms with E-state index in [1.165, 1.54) is 0 Å². The van der Waals surface area contributed by atoms with Gasteiger partial charge in [-0.3, -0.25) is 4.79 Å². The zero-order valence-electron chi connectivity index (χ0n) is 15.0. The maximum absolute atomic E-state index is 12.5. The number of carbonyl (C=O) groups is 1. The van der Waals surface area contributed by atoms with Crippen molar-refractivity contribution in [3.8, 4) is 5.75 Å². The van der Waals surface area contributed by atoms with Crippen LogP contribution in [-0.4, -0.2) is 18.6 Å². The molecule has 0 aliphatic carbocycles. The number of ether oxygens (including phenoxy) is 1. The second-order valence-corrected chi connectivity index (χ2v) is 5.94. The first kappa shape index (κ1) is 21.0. The smallest absolute Gasteiger partial charge is 0.228 e. The zero-order valence-corrected chi connectivity index (χ0v) is 15.9. The first-order valence-electron chi connectivity index (χ1n) is 8.43. The van der Waals surface area contributed by atoms with Crippen LogP contribution < -0.4 is 15.4 Å². The molecular weight excluding hydrogens is 336 g/mol. The molecule has 0 aromatic heterocycles. The topological polar surface area (TPSA) is 50.4 Å². The van der Waals surface area contributed by atoms with Crippen LogP contribution in [0.1, 0.15) is 31.9 Å². The van der Waals surface area contributed by atoms with Crippen LogP contribution in [0.4, 0.5) is 5.69 Å². The van der Waals surface area contributed by atoms with Gasteiger partial charge < -0.3 is 15.4 Å². The summed E-state index contributed by atoms with van der Waals surface area (Å²) < 4.78 is 5.78. The monoisotopic (exact) mass is 362 g/mol. The summed E-state index contributed by atoms with van der Waals surface area (Å²) in [4.78, 5) is 12.5. The van der Waals surface area contributed by atoms with Gasteiger partial charge in [0.2, 0.25) is 5.91 Å². The van der Waals surface area contributed by atoms with E-state index in [9.17, 15) is 4.79 Å². The number of carbonyl (C=O) groups excluding carboxylic acids is 1. The zero-order chi connectivity index (χ0) is 17.4. The second-order valence-electron chi connectivity index (χ2n) is 5.94. The van der Waals surface area contributed by atoms with Gasteiger partial charge >= 0.3 is 0 Å². The molecule has 25 heavy (non-hydrogen) atoms. The first-order valence-corrected chi connectivity index (χ1v) is 8.43. The molecule has 0 unspecified atom stereocenters. The predicted molar refractivity (Wildman–Crippen MR) is 106 cm³/mol. The van der Waals surface area contributed by atoms with Crippen molar-refractivity contribution in [1.29, 1.82) is 0 Å². The molecule has 1 amide bonds. The Balaban J connectivity index is 0.00000312. The summed E-state index contributed by atoms with van der Waals surface area (Å²) in [5.41, 5.74) is 2.83. The molecule has 0 saturated heterocycles. The molecule has 2 aromatic rings. The molecule has 2 aromatic carbocycles. The van der Waals surface area contributed by atoms with E-state index in [-0.39, 0.29) is 24.4 Å². The number of halogens is 1. The maximum Gasteiger partial charge on any atom is 0.228 e. The Labute approximate surface area is 156 Å². The lowest BCUT2D eigenvalue weighted by molar-refractivity contribution is -0.115. The summed E-state index contributed by atoms with van der Waals surface area (Å²) in [6, 6.07) is 15.5. The number of para-hydroxylation sites is 2. The minimum atomic E-state index is -0.0428. The van der Waals surface area contributed by atoms with Crippen molar-refractivity contribution >= 4 is 24.0 Å². The molecule has 136 valence electrons. The summed E-state index contributed by atoms with van der Waals surface area (Å²) >= 11 is 0. The molecule has 0 bridgehead atoms. The fraction of sp³-hybridized carbons (Fsp3) is 0.350. The normalized spacial score (nSPS) is 10.2. The Kier molecular flexibility index (Phi) is 9.03. The van der Waals surface area contributed by atoms with Crippen molar-refractivity contribution in [1.82, 2.24) is 5.32 Å².